The summed E-state index contributed by atoms with van der Waals surface area (Å²) in [4.78, 5) is 47.3. The molecule has 256 valence electrons. The number of H-pyrrole nitrogens is 1. The number of aliphatic hydroxyl groups is 1. The second-order valence-corrected chi connectivity index (χ2v) is 14.3. The fraction of sp³-hybridized carbons (Fsp3) is 0.371. The van der Waals surface area contributed by atoms with Gasteiger partial charge in [-0.25, -0.2) is 4.98 Å². The number of nitrogens with one attached hydrogen (secondary N) is 2. The van der Waals surface area contributed by atoms with E-state index < -0.39 is 6.10 Å². The van der Waals surface area contributed by atoms with Crippen LogP contribution in [0.3, 0.4) is 0 Å². The molecule has 2 fully saturated rings. The van der Waals surface area contributed by atoms with Crippen LogP contribution in [0.1, 0.15) is 39.9 Å². The number of ether oxygens (including phenoxy) is 3. The molecule has 1 amide bonds. The fourth-order valence-electron chi connectivity index (χ4n) is 6.50. The lowest BCUT2D eigenvalue weighted by atomic mass is 9.89. The van der Waals surface area contributed by atoms with Gasteiger partial charge in [0.15, 0.2) is 10.8 Å². The van der Waals surface area contributed by atoms with E-state index in [4.69, 9.17) is 14.2 Å². The van der Waals surface area contributed by atoms with E-state index in [-0.39, 0.29) is 28.7 Å². The molecule has 2 aliphatic rings. The van der Waals surface area contributed by atoms with Crippen molar-refractivity contribution in [1.82, 2.24) is 25.1 Å². The van der Waals surface area contributed by atoms with Gasteiger partial charge in [0, 0.05) is 44.8 Å². The highest BCUT2D eigenvalue weighted by atomic mass is 32.1. The fourth-order valence-corrected chi connectivity index (χ4v) is 8.35. The molecule has 5 aromatic rings. The van der Waals surface area contributed by atoms with E-state index in [2.05, 4.69) is 20.2 Å². The van der Waals surface area contributed by atoms with Gasteiger partial charge >= 0.3 is 4.87 Å². The van der Waals surface area contributed by atoms with Crippen LogP contribution in [0, 0.1) is 0 Å². The summed E-state index contributed by atoms with van der Waals surface area (Å²) in [5, 5.41) is 14.6. The van der Waals surface area contributed by atoms with Crippen LogP contribution < -0.4 is 19.7 Å². The number of rotatable bonds is 12. The Kier molecular flexibility index (Phi) is 10.0. The Hall–Kier alpha value is -4.18. The second kappa shape index (κ2) is 14.7. The third-order valence-electron chi connectivity index (χ3n) is 9.15. The Bertz CT molecular complexity index is 1950. The highest BCUT2D eigenvalue weighted by Gasteiger charge is 2.41. The van der Waals surface area contributed by atoms with Gasteiger partial charge in [0.05, 0.1) is 39.8 Å². The lowest BCUT2D eigenvalue weighted by Crippen LogP contribution is -2.58. The number of fused-ring (bicyclic) bond motifs is 2. The molecule has 0 aliphatic carbocycles. The Morgan fingerprint density at radius 2 is 1.92 bits per heavy atom. The lowest BCUT2D eigenvalue weighted by molar-refractivity contribution is -0.127. The average Bonchev–Trinajstić information content (AvgIpc) is 3.74. The molecule has 1 unspecified atom stereocenters. The van der Waals surface area contributed by atoms with Crippen molar-refractivity contribution < 1.29 is 28.9 Å². The molecule has 14 heteroatoms. The van der Waals surface area contributed by atoms with Gasteiger partial charge in [0.25, 0.3) is 12.4 Å². The maximum Gasteiger partial charge on any atom is 0.305 e. The molecule has 1 atom stereocenters. The van der Waals surface area contributed by atoms with Crippen LogP contribution in [0.25, 0.3) is 20.4 Å². The van der Waals surface area contributed by atoms with Crippen molar-refractivity contribution in [3.8, 4) is 11.5 Å². The van der Waals surface area contributed by atoms with Crippen LogP contribution in [0.4, 0.5) is 0 Å². The second-order valence-electron chi connectivity index (χ2n) is 12.3. The monoisotopic (exact) mass is 703 g/mol. The number of carbonyl (C=O) groups is 2. The van der Waals surface area contributed by atoms with E-state index in [0.717, 1.165) is 65.3 Å². The number of thiazole rings is 2. The summed E-state index contributed by atoms with van der Waals surface area (Å²) in [6, 6.07) is 18.9. The Morgan fingerprint density at radius 3 is 2.71 bits per heavy atom. The van der Waals surface area contributed by atoms with Crippen LogP contribution >= 0.6 is 22.7 Å². The first-order chi connectivity index (χ1) is 23.9. The first-order valence-corrected chi connectivity index (χ1v) is 17.9. The van der Waals surface area contributed by atoms with Crippen molar-refractivity contribution >= 4 is 55.5 Å². The van der Waals surface area contributed by atoms with E-state index in [9.17, 15) is 19.5 Å². The molecule has 7 rings (SSSR count). The molecule has 4 heterocycles. The number of likely N-dealkylation sites (tertiary alicyclic amines) is 1. The van der Waals surface area contributed by atoms with E-state index in [1.54, 1.807) is 12.1 Å². The summed E-state index contributed by atoms with van der Waals surface area (Å²) in [5.41, 5.74) is 2.57. The Morgan fingerprint density at radius 1 is 1.10 bits per heavy atom. The van der Waals surface area contributed by atoms with Gasteiger partial charge in [0.2, 0.25) is 0 Å². The maximum atomic E-state index is 13.3. The minimum Gasteiger partial charge on any atom is -0.492 e. The number of morpholine rings is 1. The number of aliphatic hydroxyl groups excluding tert-OH is 1. The van der Waals surface area contributed by atoms with Gasteiger partial charge < -0.3 is 34.5 Å². The number of aromatic amines is 1. The molecule has 0 radical (unpaired) electrons. The molecule has 1 spiro atoms. The van der Waals surface area contributed by atoms with Crippen molar-refractivity contribution in [1.29, 1.82) is 0 Å². The average molecular weight is 704 g/mol. The number of carbonyl (C=O) groups excluding carboxylic acids is 2. The lowest BCUT2D eigenvalue weighted by Gasteiger charge is -2.47. The number of nitrogens with zero attached hydrogens (tertiary/aromatic N) is 3. The summed E-state index contributed by atoms with van der Waals surface area (Å²) in [7, 11) is 0. The summed E-state index contributed by atoms with van der Waals surface area (Å²) in [6.07, 6.45) is 0.869. The molecular formula is C35H37N5O7S2. The van der Waals surface area contributed by atoms with Crippen molar-refractivity contribution in [2.24, 2.45) is 0 Å². The predicted molar refractivity (Wildman–Crippen MR) is 188 cm³/mol. The van der Waals surface area contributed by atoms with Crippen LogP contribution in [-0.4, -0.2) is 95.3 Å². The zero-order valence-corrected chi connectivity index (χ0v) is 28.4. The Labute approximate surface area is 290 Å². The molecule has 3 N–H and O–H groups in total. The van der Waals surface area contributed by atoms with Crippen molar-refractivity contribution in [3.63, 3.8) is 0 Å². The molecule has 2 aliphatic heterocycles. The largest absolute Gasteiger partial charge is 0.492 e. The van der Waals surface area contributed by atoms with Crippen molar-refractivity contribution in [2.75, 3.05) is 52.5 Å². The van der Waals surface area contributed by atoms with Crippen LogP contribution in [0.5, 0.6) is 11.5 Å². The summed E-state index contributed by atoms with van der Waals surface area (Å²) < 4.78 is 18.9. The van der Waals surface area contributed by atoms with E-state index in [1.807, 2.05) is 53.4 Å². The molecule has 0 saturated carbocycles. The highest BCUT2D eigenvalue weighted by Crippen LogP contribution is 2.33. The minimum atomic E-state index is -0.859. The summed E-state index contributed by atoms with van der Waals surface area (Å²) in [5.74, 6) is 1.03. The number of benzene rings is 3. The third-order valence-corrected chi connectivity index (χ3v) is 11.1. The molecule has 12 nitrogen and oxygen atoms in total. The third kappa shape index (κ3) is 7.54. The van der Waals surface area contributed by atoms with E-state index >= 15 is 0 Å². The molecule has 0 bridgehead atoms. The summed E-state index contributed by atoms with van der Waals surface area (Å²) in [6.45, 7) is 5.97. The molecular weight excluding hydrogens is 667 g/mol. The predicted octanol–water partition coefficient (Wildman–Crippen LogP) is 3.94. The number of hydrogen-bond donors (Lipinski definition) is 3. The van der Waals surface area contributed by atoms with Crippen LogP contribution in [-0.2, 0) is 16.1 Å². The smallest absolute Gasteiger partial charge is 0.305 e. The van der Waals surface area contributed by atoms with E-state index in [1.165, 1.54) is 11.3 Å². The Balaban J connectivity index is 0.834. The van der Waals surface area contributed by atoms with Crippen LogP contribution in [0.2, 0.25) is 0 Å². The molecule has 3 aromatic carbocycles. The zero-order valence-electron chi connectivity index (χ0n) is 26.8. The van der Waals surface area contributed by atoms with Crippen molar-refractivity contribution in [2.45, 2.75) is 31.1 Å². The number of para-hydroxylation sites is 1. The van der Waals surface area contributed by atoms with Crippen molar-refractivity contribution in [3.05, 3.63) is 86.5 Å². The number of amides is 1. The van der Waals surface area contributed by atoms with E-state index in [0.29, 0.717) is 60.1 Å². The normalized spacial score (nSPS) is 17.0. The highest BCUT2D eigenvalue weighted by molar-refractivity contribution is 7.20. The molecule has 2 aromatic heterocycles. The van der Waals surface area contributed by atoms with Gasteiger partial charge in [-0.2, -0.15) is 0 Å². The van der Waals surface area contributed by atoms with Gasteiger partial charge in [-0.15, -0.1) is 11.3 Å². The van der Waals surface area contributed by atoms with Gasteiger partial charge in [-0.1, -0.05) is 41.7 Å². The minimum absolute atomic E-state index is 0.00741. The topological polar surface area (TPSA) is 146 Å². The van der Waals surface area contributed by atoms with Crippen LogP contribution in [0.15, 0.2) is 65.5 Å². The summed E-state index contributed by atoms with van der Waals surface area (Å²) >= 11 is 2.42. The number of aromatic nitrogens is 2. The number of piperidine rings is 1. The molecule has 2 saturated heterocycles. The standard InChI is InChI=1S/C35H37N5O7S2/c41-22-46-28-10-9-25(31-30(28)38-34(44)49-31)27(42)20-36-19-23-5-7-24(8-6-23)45-17-15-39-13-11-35(12-14-39)21-40(16-18-47-35)33(43)32-37-26-3-1-2-4-29(26)48-32/h1-10,22,27,36,42H,11-21H2,(H,38,44). The SMILES string of the molecule is O=COc1ccc(C(O)CNCc2ccc(OCCN3CCC4(CC3)CN(C(=O)c3nc5ccccc5s3)CCO4)cc2)c2sc(=O)[nH]c12. The number of hydrogen-bond acceptors (Lipinski definition) is 12. The zero-order chi connectivity index (χ0) is 33.8. The van der Waals surface area contributed by atoms with Gasteiger partial charge in [0.1, 0.15) is 17.9 Å². The first kappa shape index (κ1) is 33.3. The van der Waals surface area contributed by atoms with Gasteiger partial charge in [-0.05, 0) is 48.7 Å². The first-order valence-electron chi connectivity index (χ1n) is 16.3. The molecule has 49 heavy (non-hydrogen) atoms. The maximum absolute atomic E-state index is 13.3. The van der Waals surface area contributed by atoms with Gasteiger partial charge in [-0.3, -0.25) is 19.3 Å². The quantitative estimate of drug-likeness (QED) is 0.163.